The van der Waals surface area contributed by atoms with Gasteiger partial charge in [-0.2, -0.15) is 0 Å². The standard InChI is InChI=1S/C14H14N4S2/c15-10-1-2-13-12(7-10)17(3-5-19-13)8-11-9-18-4-6-20-14(18)16-11/h1-2,4,6-7,9H,3,5,8,15H2. The van der Waals surface area contributed by atoms with E-state index in [1.165, 1.54) is 10.6 Å². The van der Waals surface area contributed by atoms with Crippen molar-refractivity contribution in [2.24, 2.45) is 0 Å². The molecule has 0 saturated heterocycles. The highest BCUT2D eigenvalue weighted by Crippen LogP contribution is 2.36. The molecule has 0 unspecified atom stereocenters. The summed E-state index contributed by atoms with van der Waals surface area (Å²) in [5.41, 5.74) is 9.09. The predicted octanol–water partition coefficient (Wildman–Crippen LogP) is 3.09. The fourth-order valence-electron chi connectivity index (χ4n) is 2.50. The van der Waals surface area contributed by atoms with Gasteiger partial charge in [0.1, 0.15) is 0 Å². The van der Waals surface area contributed by atoms with Gasteiger partial charge in [-0.25, -0.2) is 4.98 Å². The lowest BCUT2D eigenvalue weighted by Gasteiger charge is -2.30. The summed E-state index contributed by atoms with van der Waals surface area (Å²) in [6, 6.07) is 6.16. The number of thiazole rings is 1. The van der Waals surface area contributed by atoms with E-state index in [4.69, 9.17) is 5.73 Å². The molecule has 0 aliphatic carbocycles. The second-order valence-corrected chi connectivity index (χ2v) is 6.83. The number of nitrogens with two attached hydrogens (primary N) is 1. The minimum atomic E-state index is 0.821. The average Bonchev–Trinajstić information content (AvgIpc) is 3.00. The van der Waals surface area contributed by atoms with Crippen LogP contribution in [0.1, 0.15) is 5.69 Å². The Morgan fingerprint density at radius 3 is 3.20 bits per heavy atom. The summed E-state index contributed by atoms with van der Waals surface area (Å²) < 4.78 is 2.08. The Balaban J connectivity index is 1.66. The molecule has 4 rings (SSSR count). The molecule has 0 amide bonds. The molecule has 1 aliphatic rings. The molecule has 2 N–H and O–H groups in total. The van der Waals surface area contributed by atoms with E-state index in [9.17, 15) is 0 Å². The Morgan fingerprint density at radius 2 is 2.30 bits per heavy atom. The predicted molar refractivity (Wildman–Crippen MR) is 85.7 cm³/mol. The molecule has 3 aromatic rings. The van der Waals surface area contributed by atoms with Gasteiger partial charge in [-0.1, -0.05) is 0 Å². The van der Waals surface area contributed by atoms with Crippen LogP contribution in [0.3, 0.4) is 0 Å². The minimum Gasteiger partial charge on any atom is -0.399 e. The summed E-state index contributed by atoms with van der Waals surface area (Å²) in [6.07, 6.45) is 4.16. The van der Waals surface area contributed by atoms with E-state index in [-0.39, 0.29) is 0 Å². The summed E-state index contributed by atoms with van der Waals surface area (Å²) in [4.78, 5) is 9.40. The van der Waals surface area contributed by atoms with Crippen molar-refractivity contribution in [3.63, 3.8) is 0 Å². The molecule has 0 atom stereocenters. The molecule has 0 bridgehead atoms. The van der Waals surface area contributed by atoms with Crippen LogP contribution < -0.4 is 10.6 Å². The van der Waals surface area contributed by atoms with Crippen molar-refractivity contribution in [3.8, 4) is 0 Å². The number of hydrogen-bond donors (Lipinski definition) is 1. The van der Waals surface area contributed by atoms with E-state index >= 15 is 0 Å². The van der Waals surface area contributed by atoms with Gasteiger partial charge in [0.05, 0.1) is 17.9 Å². The van der Waals surface area contributed by atoms with Crippen molar-refractivity contribution in [3.05, 3.63) is 41.7 Å². The number of anilines is 2. The number of benzene rings is 1. The summed E-state index contributed by atoms with van der Waals surface area (Å²) in [6.45, 7) is 1.87. The van der Waals surface area contributed by atoms with E-state index in [1.54, 1.807) is 11.3 Å². The quantitative estimate of drug-likeness (QED) is 0.739. The van der Waals surface area contributed by atoms with Crippen molar-refractivity contribution in [2.75, 3.05) is 22.9 Å². The zero-order valence-corrected chi connectivity index (χ0v) is 12.5. The van der Waals surface area contributed by atoms with Crippen LogP contribution in [-0.4, -0.2) is 21.7 Å². The molecule has 1 aliphatic heterocycles. The lowest BCUT2D eigenvalue weighted by Crippen LogP contribution is -2.28. The molecule has 102 valence electrons. The van der Waals surface area contributed by atoms with Gasteiger partial charge in [0.15, 0.2) is 4.96 Å². The summed E-state index contributed by atoms with van der Waals surface area (Å²) in [5, 5.41) is 2.06. The fourth-order valence-corrected chi connectivity index (χ4v) is 4.25. The smallest absolute Gasteiger partial charge is 0.193 e. The highest BCUT2D eigenvalue weighted by molar-refractivity contribution is 7.99. The first-order chi connectivity index (χ1) is 9.79. The van der Waals surface area contributed by atoms with Gasteiger partial charge in [-0.3, -0.25) is 4.40 Å². The molecular weight excluding hydrogens is 288 g/mol. The zero-order chi connectivity index (χ0) is 13.5. The maximum Gasteiger partial charge on any atom is 0.193 e. The van der Waals surface area contributed by atoms with Gasteiger partial charge in [0, 0.05) is 40.7 Å². The molecule has 0 saturated carbocycles. The Bertz CT molecular complexity index is 733. The van der Waals surface area contributed by atoms with Gasteiger partial charge in [0.25, 0.3) is 0 Å². The summed E-state index contributed by atoms with van der Waals surface area (Å²) in [5.74, 6) is 1.11. The lowest BCUT2D eigenvalue weighted by molar-refractivity contribution is 0.803. The lowest BCUT2D eigenvalue weighted by atomic mass is 10.2. The molecule has 6 heteroatoms. The van der Waals surface area contributed by atoms with Gasteiger partial charge in [-0.15, -0.1) is 23.1 Å². The van der Waals surface area contributed by atoms with E-state index in [1.807, 2.05) is 17.8 Å². The molecule has 0 radical (unpaired) electrons. The Morgan fingerprint density at radius 1 is 1.35 bits per heavy atom. The van der Waals surface area contributed by atoms with Crippen LogP contribution >= 0.6 is 23.1 Å². The molecule has 1 aromatic carbocycles. The number of hydrogen-bond acceptors (Lipinski definition) is 5. The maximum absolute atomic E-state index is 5.93. The van der Waals surface area contributed by atoms with Gasteiger partial charge >= 0.3 is 0 Å². The number of nitrogen functional groups attached to an aromatic ring is 1. The van der Waals surface area contributed by atoms with Crippen LogP contribution in [0.2, 0.25) is 0 Å². The number of aromatic nitrogens is 2. The van der Waals surface area contributed by atoms with Gasteiger partial charge in [0.2, 0.25) is 0 Å². The van der Waals surface area contributed by atoms with Crippen LogP contribution in [0.5, 0.6) is 0 Å². The van der Waals surface area contributed by atoms with Crippen molar-refractivity contribution in [1.29, 1.82) is 0 Å². The highest BCUT2D eigenvalue weighted by atomic mass is 32.2. The molecule has 3 heterocycles. The normalized spacial score (nSPS) is 14.7. The number of imidazole rings is 1. The molecular formula is C14H14N4S2. The van der Waals surface area contributed by atoms with Crippen molar-refractivity contribution in [2.45, 2.75) is 11.4 Å². The Labute approximate surface area is 125 Å². The van der Waals surface area contributed by atoms with Crippen LogP contribution in [0.25, 0.3) is 4.96 Å². The van der Waals surface area contributed by atoms with Crippen LogP contribution in [0, 0.1) is 0 Å². The second kappa shape index (κ2) is 4.71. The van der Waals surface area contributed by atoms with Crippen LogP contribution in [0.15, 0.2) is 40.9 Å². The SMILES string of the molecule is Nc1ccc2c(c1)N(Cc1cn3ccsc3n1)CCS2. The van der Waals surface area contributed by atoms with Gasteiger partial charge in [-0.05, 0) is 18.2 Å². The first kappa shape index (κ1) is 12.1. The molecule has 2 aromatic heterocycles. The van der Waals surface area contributed by atoms with Crippen molar-refractivity contribution in [1.82, 2.24) is 9.38 Å². The Kier molecular flexibility index (Phi) is 2.85. The number of fused-ring (bicyclic) bond motifs is 2. The topological polar surface area (TPSA) is 46.6 Å². The van der Waals surface area contributed by atoms with Crippen molar-refractivity contribution >= 4 is 39.4 Å². The third kappa shape index (κ3) is 2.05. The monoisotopic (exact) mass is 302 g/mol. The largest absolute Gasteiger partial charge is 0.399 e. The van der Waals surface area contributed by atoms with Crippen molar-refractivity contribution < 1.29 is 0 Å². The minimum absolute atomic E-state index is 0.821. The number of rotatable bonds is 2. The summed E-state index contributed by atoms with van der Waals surface area (Å²) in [7, 11) is 0. The summed E-state index contributed by atoms with van der Waals surface area (Å²) >= 11 is 3.57. The molecule has 0 fully saturated rings. The first-order valence-corrected chi connectivity index (χ1v) is 8.34. The fraction of sp³-hybridized carbons (Fsp3) is 0.214. The van der Waals surface area contributed by atoms with E-state index in [2.05, 4.69) is 44.2 Å². The van der Waals surface area contributed by atoms with E-state index in [0.717, 1.165) is 35.2 Å². The average molecular weight is 302 g/mol. The van der Waals surface area contributed by atoms with Crippen LogP contribution in [0.4, 0.5) is 11.4 Å². The Hall–Kier alpha value is -1.66. The first-order valence-electron chi connectivity index (χ1n) is 6.48. The number of thioether (sulfide) groups is 1. The highest BCUT2D eigenvalue weighted by Gasteiger charge is 2.18. The molecule has 20 heavy (non-hydrogen) atoms. The van der Waals surface area contributed by atoms with Gasteiger partial charge < -0.3 is 10.6 Å². The molecule has 4 nitrogen and oxygen atoms in total. The van der Waals surface area contributed by atoms with E-state index in [0.29, 0.717) is 0 Å². The third-order valence-electron chi connectivity index (χ3n) is 3.44. The second-order valence-electron chi connectivity index (χ2n) is 4.82. The third-order valence-corrected chi connectivity index (χ3v) is 5.25. The maximum atomic E-state index is 5.93. The molecule has 0 spiro atoms. The number of nitrogens with zero attached hydrogens (tertiary/aromatic N) is 3. The van der Waals surface area contributed by atoms with E-state index < -0.39 is 0 Å². The van der Waals surface area contributed by atoms with Crippen LogP contribution in [-0.2, 0) is 6.54 Å². The zero-order valence-electron chi connectivity index (χ0n) is 10.8.